The summed E-state index contributed by atoms with van der Waals surface area (Å²) < 4.78 is 0. The lowest BCUT2D eigenvalue weighted by Crippen LogP contribution is -2.38. The first-order valence-corrected chi connectivity index (χ1v) is 9.87. The number of hydrogen-bond acceptors (Lipinski definition) is 5. The minimum absolute atomic E-state index is 0.128. The predicted octanol–water partition coefficient (Wildman–Crippen LogP) is 2.50. The van der Waals surface area contributed by atoms with E-state index < -0.39 is 0 Å². The summed E-state index contributed by atoms with van der Waals surface area (Å²) >= 11 is 0. The van der Waals surface area contributed by atoms with E-state index >= 15 is 0 Å². The molecule has 1 saturated carbocycles. The topological polar surface area (TPSA) is 66.8 Å². The van der Waals surface area contributed by atoms with Gasteiger partial charge in [0.2, 0.25) is 0 Å². The van der Waals surface area contributed by atoms with Gasteiger partial charge in [-0.1, -0.05) is 30.5 Å². The number of nitrogens with one attached hydrogen (secondary N) is 1. The summed E-state index contributed by atoms with van der Waals surface area (Å²) in [6, 6.07) is 3.81. The maximum Gasteiger partial charge on any atom is 0.269 e. The van der Waals surface area contributed by atoms with Gasteiger partial charge in [0, 0.05) is 51.4 Å². The van der Waals surface area contributed by atoms with Gasteiger partial charge in [0.05, 0.1) is 0 Å². The number of nitrogens with zero attached hydrogens (tertiary/aromatic N) is 3. The molecular formula is C20H28N4O2. The zero-order chi connectivity index (χ0) is 17.8. The van der Waals surface area contributed by atoms with Gasteiger partial charge in [0.15, 0.2) is 5.60 Å². The van der Waals surface area contributed by atoms with E-state index in [2.05, 4.69) is 20.4 Å². The van der Waals surface area contributed by atoms with Gasteiger partial charge in [-0.2, -0.15) is 0 Å². The second-order valence-electron chi connectivity index (χ2n) is 8.02. The lowest BCUT2D eigenvalue weighted by Gasteiger charge is -2.27. The Hall–Kier alpha value is -1.95. The van der Waals surface area contributed by atoms with Gasteiger partial charge < -0.3 is 10.2 Å². The highest BCUT2D eigenvalue weighted by atomic mass is 16.7. The molecule has 1 atom stereocenters. The molecule has 2 fully saturated rings. The van der Waals surface area contributed by atoms with Gasteiger partial charge >= 0.3 is 0 Å². The molecule has 3 heterocycles. The zero-order valence-electron chi connectivity index (χ0n) is 15.3. The number of aromatic nitrogens is 1. The fraction of sp³-hybridized carbons (Fsp3) is 0.650. The molecule has 1 aromatic rings. The SMILES string of the molecule is O=C(NCc1cccnc1)C1=NO[C@]2(CCN(CC3CCCCC3)C2)C1. The lowest BCUT2D eigenvalue weighted by molar-refractivity contribution is -0.115. The number of oxime groups is 1. The fourth-order valence-electron chi connectivity index (χ4n) is 4.47. The molecule has 1 aliphatic carbocycles. The van der Waals surface area contributed by atoms with E-state index in [-0.39, 0.29) is 11.5 Å². The Balaban J connectivity index is 1.25. The van der Waals surface area contributed by atoms with E-state index in [4.69, 9.17) is 4.84 Å². The van der Waals surface area contributed by atoms with Gasteiger partial charge in [-0.3, -0.25) is 14.7 Å². The number of carbonyl (C=O) groups is 1. The zero-order valence-corrected chi connectivity index (χ0v) is 15.3. The summed E-state index contributed by atoms with van der Waals surface area (Å²) in [5, 5.41) is 7.05. The predicted molar refractivity (Wildman–Crippen MR) is 99.6 cm³/mol. The average Bonchev–Trinajstić information content (AvgIpc) is 3.28. The first-order chi connectivity index (χ1) is 12.7. The van der Waals surface area contributed by atoms with E-state index in [1.165, 1.54) is 38.6 Å². The third-order valence-electron chi connectivity index (χ3n) is 5.91. The minimum Gasteiger partial charge on any atom is -0.387 e. The normalized spacial score (nSPS) is 26.7. The van der Waals surface area contributed by atoms with Crippen LogP contribution in [-0.2, 0) is 16.2 Å². The molecule has 1 spiro atoms. The van der Waals surface area contributed by atoms with Crippen molar-refractivity contribution in [2.75, 3.05) is 19.6 Å². The van der Waals surface area contributed by atoms with Crippen molar-refractivity contribution in [2.45, 2.75) is 57.1 Å². The lowest BCUT2D eigenvalue weighted by atomic mass is 9.89. The van der Waals surface area contributed by atoms with Crippen molar-refractivity contribution in [3.05, 3.63) is 30.1 Å². The number of rotatable bonds is 5. The molecule has 26 heavy (non-hydrogen) atoms. The van der Waals surface area contributed by atoms with Crippen LogP contribution in [0.3, 0.4) is 0 Å². The Labute approximate surface area is 155 Å². The van der Waals surface area contributed by atoms with Crippen molar-refractivity contribution in [3.8, 4) is 0 Å². The summed E-state index contributed by atoms with van der Waals surface area (Å²) in [4.78, 5) is 24.8. The summed E-state index contributed by atoms with van der Waals surface area (Å²) in [6.07, 6.45) is 11.9. The van der Waals surface area contributed by atoms with Crippen LogP contribution in [-0.4, -0.2) is 46.7 Å². The molecule has 140 valence electrons. The first kappa shape index (κ1) is 17.5. The number of pyridine rings is 1. The molecule has 0 radical (unpaired) electrons. The molecule has 6 heteroatoms. The highest BCUT2D eigenvalue weighted by Crippen LogP contribution is 2.35. The number of hydrogen-bond donors (Lipinski definition) is 1. The van der Waals surface area contributed by atoms with Gasteiger partial charge in [0.25, 0.3) is 5.91 Å². The quantitative estimate of drug-likeness (QED) is 0.880. The van der Waals surface area contributed by atoms with Crippen LogP contribution in [0.5, 0.6) is 0 Å². The van der Waals surface area contributed by atoms with Crippen LogP contribution >= 0.6 is 0 Å². The molecule has 0 aromatic carbocycles. The van der Waals surface area contributed by atoms with E-state index in [9.17, 15) is 4.79 Å². The Morgan fingerprint density at radius 1 is 1.35 bits per heavy atom. The smallest absolute Gasteiger partial charge is 0.269 e. The van der Waals surface area contributed by atoms with Crippen molar-refractivity contribution in [2.24, 2.45) is 11.1 Å². The maximum absolute atomic E-state index is 12.4. The van der Waals surface area contributed by atoms with Crippen molar-refractivity contribution < 1.29 is 9.63 Å². The third kappa shape index (κ3) is 4.06. The van der Waals surface area contributed by atoms with Gasteiger partial charge in [-0.25, -0.2) is 0 Å². The average molecular weight is 356 g/mol. The van der Waals surface area contributed by atoms with Crippen molar-refractivity contribution >= 4 is 11.6 Å². The van der Waals surface area contributed by atoms with Crippen molar-refractivity contribution in [3.63, 3.8) is 0 Å². The second-order valence-corrected chi connectivity index (χ2v) is 8.02. The Bertz CT molecular complexity index is 657. The molecule has 2 aliphatic heterocycles. The standard InChI is InChI=1S/C20H28N4O2/c25-19(22-13-17-7-4-9-21-12-17)18-11-20(26-23-18)8-10-24(15-20)14-16-5-2-1-3-6-16/h4,7,9,12,16H,1-3,5-6,8,10-11,13-15H2,(H,22,25)/t20-/m1/s1. The molecule has 1 N–H and O–H groups in total. The molecule has 6 nitrogen and oxygen atoms in total. The minimum atomic E-state index is -0.282. The van der Waals surface area contributed by atoms with E-state index in [0.717, 1.165) is 31.0 Å². The fourth-order valence-corrected chi connectivity index (χ4v) is 4.47. The molecule has 3 aliphatic rings. The van der Waals surface area contributed by atoms with E-state index in [1.54, 1.807) is 12.4 Å². The van der Waals surface area contributed by atoms with Crippen LogP contribution in [0, 0.1) is 5.92 Å². The monoisotopic (exact) mass is 356 g/mol. The number of likely N-dealkylation sites (tertiary alicyclic amines) is 1. The van der Waals surface area contributed by atoms with Crippen LogP contribution in [0.4, 0.5) is 0 Å². The largest absolute Gasteiger partial charge is 0.387 e. The summed E-state index contributed by atoms with van der Waals surface area (Å²) in [6.45, 7) is 3.59. The molecule has 0 unspecified atom stereocenters. The molecular weight excluding hydrogens is 328 g/mol. The second kappa shape index (κ2) is 7.74. The Kier molecular flexibility index (Phi) is 5.20. The van der Waals surface area contributed by atoms with Crippen LogP contribution in [0.1, 0.15) is 50.5 Å². The molecule has 4 rings (SSSR count). The van der Waals surface area contributed by atoms with Gasteiger partial charge in [-0.15, -0.1) is 0 Å². The first-order valence-electron chi connectivity index (χ1n) is 9.87. The van der Waals surface area contributed by atoms with E-state index in [0.29, 0.717) is 18.7 Å². The number of carbonyl (C=O) groups excluding carboxylic acids is 1. The van der Waals surface area contributed by atoms with Crippen LogP contribution in [0.2, 0.25) is 0 Å². The molecule has 1 amide bonds. The molecule has 0 bridgehead atoms. The molecule has 1 aromatic heterocycles. The maximum atomic E-state index is 12.4. The Morgan fingerprint density at radius 2 is 2.23 bits per heavy atom. The third-order valence-corrected chi connectivity index (χ3v) is 5.91. The van der Waals surface area contributed by atoms with Crippen LogP contribution in [0.15, 0.2) is 29.7 Å². The van der Waals surface area contributed by atoms with Crippen LogP contribution in [0.25, 0.3) is 0 Å². The highest BCUT2D eigenvalue weighted by Gasteiger charge is 2.46. The van der Waals surface area contributed by atoms with Gasteiger partial charge in [0.1, 0.15) is 5.71 Å². The van der Waals surface area contributed by atoms with E-state index in [1.807, 2.05) is 12.1 Å². The molecule has 1 saturated heterocycles. The van der Waals surface area contributed by atoms with Crippen molar-refractivity contribution in [1.29, 1.82) is 0 Å². The van der Waals surface area contributed by atoms with Crippen LogP contribution < -0.4 is 5.32 Å². The Morgan fingerprint density at radius 3 is 3.04 bits per heavy atom. The number of amides is 1. The summed E-state index contributed by atoms with van der Waals surface area (Å²) in [5.41, 5.74) is 1.22. The highest BCUT2D eigenvalue weighted by molar-refractivity contribution is 6.39. The van der Waals surface area contributed by atoms with Crippen molar-refractivity contribution in [1.82, 2.24) is 15.2 Å². The van der Waals surface area contributed by atoms with Gasteiger partial charge in [-0.05, 0) is 30.4 Å². The summed E-state index contributed by atoms with van der Waals surface area (Å²) in [5.74, 6) is 0.708. The summed E-state index contributed by atoms with van der Waals surface area (Å²) in [7, 11) is 0.